The van der Waals surface area contributed by atoms with Gasteiger partial charge in [0.2, 0.25) is 0 Å². The first-order valence-corrected chi connectivity index (χ1v) is 14.8. The van der Waals surface area contributed by atoms with Crippen LogP contribution in [0.2, 0.25) is 5.02 Å². The lowest BCUT2D eigenvalue weighted by molar-refractivity contribution is 0.202. The monoisotopic (exact) mass is 624 g/mol. The van der Waals surface area contributed by atoms with Gasteiger partial charge >= 0.3 is 12.2 Å². The molecule has 3 atom stereocenters. The van der Waals surface area contributed by atoms with Gasteiger partial charge in [-0.25, -0.2) is 18.6 Å². The quantitative estimate of drug-likeness (QED) is 0.211. The van der Waals surface area contributed by atoms with E-state index < -0.39 is 23.8 Å². The van der Waals surface area contributed by atoms with E-state index in [1.54, 1.807) is 0 Å². The van der Waals surface area contributed by atoms with Gasteiger partial charge in [-0.2, -0.15) is 14.4 Å². The third-order valence-electron chi connectivity index (χ3n) is 8.36. The number of amides is 1. The van der Waals surface area contributed by atoms with Gasteiger partial charge in [-0.15, -0.1) is 0 Å². The lowest BCUT2D eigenvalue weighted by Crippen LogP contribution is -2.42. The number of hydrogen-bond donors (Lipinski definition) is 1. The molecule has 0 aliphatic carbocycles. The minimum Gasteiger partial charge on any atom is -0.381 e. The topological polar surface area (TPSA) is 97.5 Å². The summed E-state index contributed by atoms with van der Waals surface area (Å²) in [6.07, 6.45) is 0.477. The van der Waals surface area contributed by atoms with Gasteiger partial charge in [-0.05, 0) is 50.1 Å². The number of benzene rings is 3. The van der Waals surface area contributed by atoms with Crippen molar-refractivity contribution >= 4 is 56.0 Å². The molecule has 2 aliphatic heterocycles. The SMILES string of the molecule is CN(Cc1ccccc1)C1C[C@H]2CC[C@@H]1N2c1nc(F)nc2c(F)c(-c3ccc(F)c4sc(OC(N)=O)nc34)c(Cl)cc12. The number of aromatic nitrogens is 3. The van der Waals surface area contributed by atoms with Gasteiger partial charge in [0, 0.05) is 41.2 Å². The second-order valence-electron chi connectivity index (χ2n) is 10.8. The van der Waals surface area contributed by atoms with Crippen molar-refractivity contribution in [3.8, 4) is 16.3 Å². The van der Waals surface area contributed by atoms with Gasteiger partial charge < -0.3 is 15.4 Å². The number of likely N-dealkylation sites (N-methyl/N-ethyl adjacent to an activating group) is 1. The Morgan fingerprint density at radius 1 is 1.12 bits per heavy atom. The highest BCUT2D eigenvalue weighted by Crippen LogP contribution is 2.47. The number of anilines is 1. The third-order valence-corrected chi connectivity index (χ3v) is 9.60. The molecule has 7 rings (SSSR count). The van der Waals surface area contributed by atoms with E-state index in [0.29, 0.717) is 5.82 Å². The van der Waals surface area contributed by atoms with Gasteiger partial charge in [0.25, 0.3) is 5.19 Å². The summed E-state index contributed by atoms with van der Waals surface area (Å²) in [7, 11) is 2.08. The number of nitrogens with zero attached hydrogens (tertiary/aromatic N) is 5. The Hall–Kier alpha value is -4.00. The second-order valence-corrected chi connectivity index (χ2v) is 12.2. The maximum Gasteiger partial charge on any atom is 0.411 e. The summed E-state index contributed by atoms with van der Waals surface area (Å²) in [6.45, 7) is 0.764. The zero-order valence-electron chi connectivity index (χ0n) is 22.7. The molecule has 0 spiro atoms. The van der Waals surface area contributed by atoms with Crippen LogP contribution in [-0.2, 0) is 6.54 Å². The largest absolute Gasteiger partial charge is 0.411 e. The smallest absolute Gasteiger partial charge is 0.381 e. The zero-order chi connectivity index (χ0) is 30.0. The number of thiazole rings is 1. The molecule has 43 heavy (non-hydrogen) atoms. The number of rotatable bonds is 6. The number of nitrogens with two attached hydrogens (primary N) is 1. The summed E-state index contributed by atoms with van der Waals surface area (Å²) < 4.78 is 50.9. The molecule has 5 aromatic rings. The van der Waals surface area contributed by atoms with Crippen LogP contribution in [0.4, 0.5) is 23.8 Å². The first kappa shape index (κ1) is 27.8. The van der Waals surface area contributed by atoms with Crippen LogP contribution in [0.25, 0.3) is 32.2 Å². The van der Waals surface area contributed by atoms with E-state index in [4.69, 9.17) is 22.1 Å². The fourth-order valence-corrected chi connectivity index (χ4v) is 7.78. The predicted molar refractivity (Wildman–Crippen MR) is 159 cm³/mol. The van der Waals surface area contributed by atoms with Crippen LogP contribution in [0.1, 0.15) is 24.8 Å². The Labute approximate surface area is 252 Å². The first-order chi connectivity index (χ1) is 20.7. The standard InChI is InChI=1S/C30H24ClF3N6O2S/c1-39(13-14-5-3-2-4-6-14)21-11-15-7-10-20(21)40(15)27-17-12-18(31)22(23(33)24(17)36-28(34)38-27)16-8-9-19(32)26-25(16)37-30(43-26)42-29(35)41/h2-6,8-9,12,15,20-21H,7,10-11,13H2,1H3,(H2,35,41)/t15-,20+,21?/m1/s1. The highest BCUT2D eigenvalue weighted by atomic mass is 35.5. The summed E-state index contributed by atoms with van der Waals surface area (Å²) in [5.74, 6) is -1.25. The van der Waals surface area contributed by atoms with E-state index >= 15 is 8.78 Å². The van der Waals surface area contributed by atoms with Crippen LogP contribution in [-0.4, -0.2) is 51.1 Å². The Morgan fingerprint density at radius 3 is 2.67 bits per heavy atom. The summed E-state index contributed by atoms with van der Waals surface area (Å²) in [5.41, 5.74) is 6.03. The van der Waals surface area contributed by atoms with Crippen molar-refractivity contribution in [2.24, 2.45) is 5.73 Å². The van der Waals surface area contributed by atoms with Crippen LogP contribution in [0, 0.1) is 17.7 Å². The molecular weight excluding hydrogens is 601 g/mol. The van der Waals surface area contributed by atoms with Crippen LogP contribution >= 0.6 is 22.9 Å². The molecular formula is C30H24ClF3N6O2S. The number of fused-ring (bicyclic) bond motifs is 4. The lowest BCUT2D eigenvalue weighted by Gasteiger charge is -2.32. The number of hydrogen-bond acceptors (Lipinski definition) is 8. The van der Waals surface area contributed by atoms with Crippen LogP contribution in [0.5, 0.6) is 5.19 Å². The first-order valence-electron chi connectivity index (χ1n) is 13.6. The van der Waals surface area contributed by atoms with Gasteiger partial charge in [-0.1, -0.05) is 53.3 Å². The summed E-state index contributed by atoms with van der Waals surface area (Å²) in [4.78, 5) is 27.8. The minimum atomic E-state index is -1.12. The number of ether oxygens (including phenoxy) is 1. The normalized spacial score (nSPS) is 19.7. The highest BCUT2D eigenvalue weighted by Gasteiger charge is 2.49. The van der Waals surface area contributed by atoms with Crippen molar-refractivity contribution in [3.05, 3.63) is 76.8 Å². The zero-order valence-corrected chi connectivity index (χ0v) is 24.3. The van der Waals surface area contributed by atoms with Crippen molar-refractivity contribution in [1.82, 2.24) is 19.9 Å². The Kier molecular flexibility index (Phi) is 6.87. The lowest BCUT2D eigenvalue weighted by atomic mass is 9.94. The van der Waals surface area contributed by atoms with E-state index in [2.05, 4.69) is 43.9 Å². The molecule has 0 radical (unpaired) electrons. The molecule has 0 saturated carbocycles. The van der Waals surface area contributed by atoms with Gasteiger partial charge in [0.1, 0.15) is 17.2 Å². The third kappa shape index (κ3) is 4.73. The van der Waals surface area contributed by atoms with Crippen molar-refractivity contribution in [3.63, 3.8) is 0 Å². The molecule has 3 aromatic carbocycles. The second kappa shape index (κ2) is 10.6. The molecule has 2 saturated heterocycles. The van der Waals surface area contributed by atoms with E-state index in [1.807, 2.05) is 18.2 Å². The molecule has 220 valence electrons. The fraction of sp³-hybridized carbons (Fsp3) is 0.267. The van der Waals surface area contributed by atoms with Crippen molar-refractivity contribution in [2.45, 2.75) is 43.9 Å². The molecule has 1 unspecified atom stereocenters. The molecule has 1 amide bonds. The summed E-state index contributed by atoms with van der Waals surface area (Å²) in [5, 5.41) is 0.0624. The number of carbonyl (C=O) groups excluding carboxylic acids is 1. The van der Waals surface area contributed by atoms with Crippen LogP contribution < -0.4 is 15.4 Å². The molecule has 2 bridgehead atoms. The summed E-state index contributed by atoms with van der Waals surface area (Å²) >= 11 is 7.45. The highest BCUT2D eigenvalue weighted by molar-refractivity contribution is 7.20. The van der Waals surface area contributed by atoms with Crippen molar-refractivity contribution in [1.29, 1.82) is 0 Å². The molecule has 2 aromatic heterocycles. The van der Waals surface area contributed by atoms with E-state index in [-0.39, 0.29) is 60.6 Å². The number of carbonyl (C=O) groups is 1. The van der Waals surface area contributed by atoms with Crippen LogP contribution in [0.3, 0.4) is 0 Å². The average molecular weight is 625 g/mol. The minimum absolute atomic E-state index is 0.0102. The molecule has 13 heteroatoms. The van der Waals surface area contributed by atoms with Crippen LogP contribution in [0.15, 0.2) is 48.5 Å². The molecule has 2 N–H and O–H groups in total. The van der Waals surface area contributed by atoms with Gasteiger partial charge in [-0.3, -0.25) is 4.90 Å². The Morgan fingerprint density at radius 2 is 1.91 bits per heavy atom. The average Bonchev–Trinajstić information content (AvgIpc) is 3.68. The maximum atomic E-state index is 16.4. The van der Waals surface area contributed by atoms with Gasteiger partial charge in [0.15, 0.2) is 5.82 Å². The van der Waals surface area contributed by atoms with Gasteiger partial charge in [0.05, 0.1) is 15.2 Å². The fourth-order valence-electron chi connectivity index (χ4n) is 6.63. The van der Waals surface area contributed by atoms with E-state index in [9.17, 15) is 9.18 Å². The summed E-state index contributed by atoms with van der Waals surface area (Å²) in [6, 6.07) is 14.5. The van der Waals surface area contributed by atoms with Crippen molar-refractivity contribution < 1.29 is 22.7 Å². The predicted octanol–water partition coefficient (Wildman–Crippen LogP) is 6.68. The Balaban J connectivity index is 1.31. The number of primary amides is 1. The Bertz CT molecular complexity index is 1910. The van der Waals surface area contributed by atoms with E-state index in [0.717, 1.165) is 43.2 Å². The van der Waals surface area contributed by atoms with Crippen molar-refractivity contribution in [2.75, 3.05) is 11.9 Å². The molecule has 2 aliphatic rings. The molecule has 4 heterocycles. The molecule has 2 fully saturated rings. The maximum absolute atomic E-state index is 16.4. The van der Waals surface area contributed by atoms with E-state index in [1.165, 1.54) is 17.7 Å². The number of halogens is 4. The molecule has 8 nitrogen and oxygen atoms in total.